The number of Topliss-reactive ketones (excluding diaryl/α,β-unsaturated/α-hetero) is 1. The van der Waals surface area contributed by atoms with Crippen molar-refractivity contribution in [2.75, 3.05) is 0 Å². The Balaban J connectivity index is 2.07. The number of carbonyl (C=O) groups excluding carboxylic acids is 1. The van der Waals surface area contributed by atoms with Crippen LogP contribution in [0.25, 0.3) is 0 Å². The second kappa shape index (κ2) is 4.41. The molecule has 73 valence electrons. The van der Waals surface area contributed by atoms with E-state index in [9.17, 15) is 4.79 Å². The van der Waals surface area contributed by atoms with E-state index in [1.807, 2.05) is 24.3 Å². The Morgan fingerprint density at radius 1 is 1.21 bits per heavy atom. The number of ketones is 1. The maximum Gasteiger partial charge on any atom is 0.166 e. The first kappa shape index (κ1) is 9.45. The van der Waals surface area contributed by atoms with E-state index in [4.69, 9.17) is 0 Å². The fourth-order valence-electron chi connectivity index (χ4n) is 2.13. The fourth-order valence-corrected chi connectivity index (χ4v) is 2.13. The molecule has 0 unspecified atom stereocenters. The Kier molecular flexibility index (Phi) is 2.97. The zero-order chi connectivity index (χ0) is 9.80. The number of benzene rings is 1. The van der Waals surface area contributed by atoms with Crippen molar-refractivity contribution in [3.63, 3.8) is 0 Å². The van der Waals surface area contributed by atoms with Gasteiger partial charge in [0.25, 0.3) is 0 Å². The number of carbonyl (C=O) groups is 1. The maximum absolute atomic E-state index is 12.0. The molecule has 1 nitrogen and oxygen atoms in total. The van der Waals surface area contributed by atoms with Crippen LogP contribution < -0.4 is 0 Å². The molecule has 1 radical (unpaired) electrons. The van der Waals surface area contributed by atoms with Gasteiger partial charge in [0.05, 0.1) is 0 Å². The first-order chi connectivity index (χ1) is 6.88. The zero-order valence-corrected chi connectivity index (χ0v) is 8.33. The molecular weight excluding hydrogens is 172 g/mol. The van der Waals surface area contributed by atoms with Gasteiger partial charge in [0.2, 0.25) is 0 Å². The van der Waals surface area contributed by atoms with Crippen molar-refractivity contribution >= 4 is 5.78 Å². The summed E-state index contributed by atoms with van der Waals surface area (Å²) in [5.74, 6) is 0.563. The fraction of sp³-hybridized carbons (Fsp3) is 0.462. The highest BCUT2D eigenvalue weighted by Gasteiger charge is 2.21. The lowest BCUT2D eigenvalue weighted by Gasteiger charge is -2.19. The Labute approximate surface area is 85.1 Å². The molecule has 0 spiro atoms. The van der Waals surface area contributed by atoms with Crippen LogP contribution in [0.1, 0.15) is 42.5 Å². The van der Waals surface area contributed by atoms with Gasteiger partial charge >= 0.3 is 0 Å². The molecule has 2 rings (SSSR count). The summed E-state index contributed by atoms with van der Waals surface area (Å²) < 4.78 is 0. The van der Waals surface area contributed by atoms with Crippen molar-refractivity contribution in [2.24, 2.45) is 5.92 Å². The monoisotopic (exact) mass is 187 g/mol. The van der Waals surface area contributed by atoms with Crippen LogP contribution in [0.3, 0.4) is 0 Å². The minimum Gasteiger partial charge on any atom is -0.294 e. The maximum atomic E-state index is 12.0. The Bertz CT molecular complexity index is 296. The lowest BCUT2D eigenvalue weighted by molar-refractivity contribution is 0.0889. The number of hydrogen-bond acceptors (Lipinski definition) is 1. The van der Waals surface area contributed by atoms with Gasteiger partial charge in [-0.1, -0.05) is 43.5 Å². The minimum absolute atomic E-state index is 0.266. The quantitative estimate of drug-likeness (QED) is 0.649. The third-order valence-electron chi connectivity index (χ3n) is 2.95. The van der Waals surface area contributed by atoms with Gasteiger partial charge in [-0.05, 0) is 18.9 Å². The molecule has 1 fully saturated rings. The van der Waals surface area contributed by atoms with Gasteiger partial charge in [-0.3, -0.25) is 4.79 Å². The first-order valence-corrected chi connectivity index (χ1v) is 5.39. The lowest BCUT2D eigenvalue weighted by Crippen LogP contribution is -2.17. The molecule has 0 aromatic heterocycles. The topological polar surface area (TPSA) is 17.1 Å². The molecule has 0 saturated heterocycles. The molecule has 1 heteroatoms. The predicted molar refractivity (Wildman–Crippen MR) is 56.2 cm³/mol. The first-order valence-electron chi connectivity index (χ1n) is 5.39. The smallest absolute Gasteiger partial charge is 0.166 e. The number of rotatable bonds is 2. The van der Waals surface area contributed by atoms with Gasteiger partial charge in [-0.15, -0.1) is 0 Å². The van der Waals surface area contributed by atoms with E-state index in [-0.39, 0.29) is 5.92 Å². The molecular formula is C13H15O. The predicted octanol–water partition coefficient (Wildman–Crippen LogP) is 3.25. The Morgan fingerprint density at radius 3 is 2.64 bits per heavy atom. The van der Waals surface area contributed by atoms with Gasteiger partial charge < -0.3 is 0 Å². The van der Waals surface area contributed by atoms with Gasteiger partial charge in [0, 0.05) is 11.5 Å². The van der Waals surface area contributed by atoms with Crippen LogP contribution in [0.15, 0.2) is 24.3 Å². The van der Waals surface area contributed by atoms with Crippen LogP contribution in [0.5, 0.6) is 0 Å². The van der Waals surface area contributed by atoms with Crippen molar-refractivity contribution < 1.29 is 4.79 Å². The summed E-state index contributed by atoms with van der Waals surface area (Å²) in [6.45, 7) is 0. The van der Waals surface area contributed by atoms with Crippen molar-refractivity contribution in [1.29, 1.82) is 0 Å². The van der Waals surface area contributed by atoms with E-state index < -0.39 is 0 Å². The third kappa shape index (κ3) is 2.03. The summed E-state index contributed by atoms with van der Waals surface area (Å²) in [4.78, 5) is 12.0. The summed E-state index contributed by atoms with van der Waals surface area (Å²) in [7, 11) is 0. The Hall–Kier alpha value is -1.11. The van der Waals surface area contributed by atoms with E-state index in [1.54, 1.807) is 0 Å². The second-order valence-corrected chi connectivity index (χ2v) is 3.98. The molecule has 1 aliphatic rings. The number of hydrogen-bond donors (Lipinski definition) is 0. The molecule has 0 aliphatic heterocycles. The van der Waals surface area contributed by atoms with E-state index in [0.29, 0.717) is 5.78 Å². The van der Waals surface area contributed by atoms with Crippen LogP contribution >= 0.6 is 0 Å². The molecule has 0 bridgehead atoms. The molecule has 0 N–H and O–H groups in total. The van der Waals surface area contributed by atoms with Crippen LogP contribution in [0.2, 0.25) is 0 Å². The van der Waals surface area contributed by atoms with Crippen molar-refractivity contribution in [3.05, 3.63) is 35.9 Å². The summed E-state index contributed by atoms with van der Waals surface area (Å²) in [5.41, 5.74) is 0.763. The molecule has 1 aliphatic carbocycles. The van der Waals surface area contributed by atoms with Crippen molar-refractivity contribution in [2.45, 2.75) is 32.1 Å². The van der Waals surface area contributed by atoms with Crippen LogP contribution in [0.4, 0.5) is 0 Å². The standard InChI is InChI=1S/C13H15O/c14-13(11-7-3-1-4-8-11)12-9-5-2-6-10-12/h1,3-4,7,12H,2,5-6,9-10H2. The van der Waals surface area contributed by atoms with Crippen LogP contribution in [-0.2, 0) is 0 Å². The highest BCUT2D eigenvalue weighted by molar-refractivity contribution is 5.97. The molecule has 1 saturated carbocycles. The summed E-state index contributed by atoms with van der Waals surface area (Å²) in [6, 6.07) is 10.5. The van der Waals surface area contributed by atoms with E-state index in [2.05, 4.69) is 6.07 Å². The van der Waals surface area contributed by atoms with Gasteiger partial charge in [-0.25, -0.2) is 0 Å². The molecule has 0 heterocycles. The van der Waals surface area contributed by atoms with E-state index >= 15 is 0 Å². The summed E-state index contributed by atoms with van der Waals surface area (Å²) in [6.07, 6.45) is 5.86. The molecule has 1 aromatic carbocycles. The average molecular weight is 187 g/mol. The largest absolute Gasteiger partial charge is 0.294 e. The summed E-state index contributed by atoms with van der Waals surface area (Å²) in [5, 5.41) is 0. The van der Waals surface area contributed by atoms with Gasteiger partial charge in [0.15, 0.2) is 5.78 Å². The summed E-state index contributed by atoms with van der Waals surface area (Å²) >= 11 is 0. The molecule has 0 atom stereocenters. The minimum atomic E-state index is 0.266. The molecule has 14 heavy (non-hydrogen) atoms. The van der Waals surface area contributed by atoms with Crippen molar-refractivity contribution in [3.8, 4) is 0 Å². The highest BCUT2D eigenvalue weighted by Crippen LogP contribution is 2.26. The van der Waals surface area contributed by atoms with Crippen molar-refractivity contribution in [1.82, 2.24) is 0 Å². The highest BCUT2D eigenvalue weighted by atomic mass is 16.1. The zero-order valence-electron chi connectivity index (χ0n) is 8.33. The van der Waals surface area contributed by atoms with E-state index in [0.717, 1.165) is 18.4 Å². The van der Waals surface area contributed by atoms with Crippen LogP contribution in [-0.4, -0.2) is 5.78 Å². The molecule has 0 amide bonds. The lowest BCUT2D eigenvalue weighted by atomic mass is 9.84. The van der Waals surface area contributed by atoms with E-state index in [1.165, 1.54) is 19.3 Å². The third-order valence-corrected chi connectivity index (χ3v) is 2.95. The van der Waals surface area contributed by atoms with Gasteiger partial charge in [0.1, 0.15) is 0 Å². The SMILES string of the molecule is O=C(c1[c]cccc1)C1CCCCC1. The second-order valence-electron chi connectivity index (χ2n) is 3.98. The van der Waals surface area contributed by atoms with Gasteiger partial charge in [-0.2, -0.15) is 0 Å². The van der Waals surface area contributed by atoms with Crippen LogP contribution in [0, 0.1) is 12.0 Å². The molecule has 1 aromatic rings. The normalized spacial score (nSPS) is 18.0. The average Bonchev–Trinajstić information content (AvgIpc) is 2.30. The Morgan fingerprint density at radius 2 is 2.00 bits per heavy atom.